The lowest BCUT2D eigenvalue weighted by Gasteiger charge is -2.35. The molecule has 4 aromatic carbocycles. The van der Waals surface area contributed by atoms with Crippen molar-refractivity contribution >= 4 is 31.8 Å². The number of hydrogen-bond acceptors (Lipinski definition) is 6. The molecule has 0 spiro atoms. The van der Waals surface area contributed by atoms with Crippen molar-refractivity contribution in [1.29, 1.82) is 0 Å². The molecule has 4 bridgehead atoms. The molecule has 4 saturated carbocycles. The van der Waals surface area contributed by atoms with E-state index in [1.54, 1.807) is 0 Å². The van der Waals surface area contributed by atoms with E-state index >= 15 is 0 Å². The summed E-state index contributed by atoms with van der Waals surface area (Å²) in [4.78, 5) is 23.8. The van der Waals surface area contributed by atoms with E-state index in [1.165, 1.54) is 38.9 Å². The molecule has 68 heavy (non-hydrogen) atoms. The second-order valence-corrected chi connectivity index (χ2v) is 27.4. The number of carbonyl (C=O) groups is 2. The smallest absolute Gasteiger partial charge is 0.265 e. The van der Waals surface area contributed by atoms with Gasteiger partial charge in [-0.05, 0) is 116 Å². The Morgan fingerprint density at radius 1 is 0.456 bits per heavy atom. The third kappa shape index (κ3) is 12.9. The second kappa shape index (κ2) is 20.0. The lowest BCUT2D eigenvalue weighted by atomic mass is 9.70. The van der Waals surface area contributed by atoms with Crippen LogP contribution in [0.5, 0.6) is 0 Å². The molecule has 0 heterocycles. The van der Waals surface area contributed by atoms with Gasteiger partial charge >= 0.3 is 0 Å². The SMILES string of the molecule is CC(C)(C)c1ccc(Cc2ccc(C(C)(C)C)cc2)cc1.CC(C)(C)c1ccc(Cc2ccccc2)cc1.CC1(C)C2CCC1(CS(=O)(=O)O)C(=O)C2.CC1(C)C2CCC1(CS(=O)(=O)O)C(=O)C2. The van der Waals surface area contributed by atoms with Gasteiger partial charge in [0.1, 0.15) is 11.6 Å². The average molecular weight is 969 g/mol. The van der Waals surface area contributed by atoms with Crippen LogP contribution in [0.15, 0.2) is 103 Å². The first-order chi connectivity index (χ1) is 31.1. The highest BCUT2D eigenvalue weighted by Crippen LogP contribution is 2.65. The zero-order valence-corrected chi connectivity index (χ0v) is 44.8. The van der Waals surface area contributed by atoms with Gasteiger partial charge < -0.3 is 0 Å². The molecule has 4 atom stereocenters. The van der Waals surface area contributed by atoms with E-state index in [9.17, 15) is 26.4 Å². The van der Waals surface area contributed by atoms with Gasteiger partial charge in [-0.1, -0.05) is 193 Å². The van der Waals surface area contributed by atoms with Gasteiger partial charge in [0.25, 0.3) is 20.2 Å². The van der Waals surface area contributed by atoms with Crippen molar-refractivity contribution in [1.82, 2.24) is 0 Å². The Bertz CT molecular complexity index is 2460. The molecule has 10 heteroatoms. The number of fused-ring (bicyclic) bond motifs is 4. The van der Waals surface area contributed by atoms with E-state index in [1.807, 2.05) is 27.7 Å². The standard InChI is InChI=1S/C21H28.C17H20.2C10H16O4S/c1-20(2,3)18-11-7-16(8-12-18)15-17-9-13-19(14-10-17)21(4,5)6;1-17(2,3)16-11-9-15(10-12-16)13-14-7-5-4-6-8-14;2*1-9(2)7-3-4-10(9,8(11)5-7)6-15(12,13)14/h7-14H,15H2,1-6H3;4-12H,13H2,1-3H3;2*7H,3-6H2,1-2H3,(H,12,13,14). The summed E-state index contributed by atoms with van der Waals surface area (Å²) in [6, 6.07) is 37.7. The Morgan fingerprint density at radius 3 is 0.926 bits per heavy atom. The van der Waals surface area contributed by atoms with Crippen LogP contribution in [0.3, 0.4) is 0 Å². The van der Waals surface area contributed by atoms with Crippen molar-refractivity contribution in [3.8, 4) is 0 Å². The van der Waals surface area contributed by atoms with E-state index in [4.69, 9.17) is 9.11 Å². The summed E-state index contributed by atoms with van der Waals surface area (Å²) in [7, 11) is -8.15. The molecular weight excluding hydrogens is 889 g/mol. The van der Waals surface area contributed by atoms with Crippen LogP contribution in [0.4, 0.5) is 0 Å². The summed E-state index contributed by atoms with van der Waals surface area (Å²) in [5, 5.41) is 0. The summed E-state index contributed by atoms with van der Waals surface area (Å²) >= 11 is 0. The number of benzene rings is 4. The first-order valence-corrected chi connectivity index (χ1v) is 27.6. The van der Waals surface area contributed by atoms with Crippen molar-refractivity contribution in [2.75, 3.05) is 11.5 Å². The van der Waals surface area contributed by atoms with Gasteiger partial charge in [-0.25, -0.2) is 0 Å². The van der Waals surface area contributed by atoms with Crippen LogP contribution >= 0.6 is 0 Å². The van der Waals surface area contributed by atoms with E-state index in [0.29, 0.717) is 25.7 Å². The van der Waals surface area contributed by atoms with E-state index < -0.39 is 42.6 Å². The Kier molecular flexibility index (Phi) is 16.2. The second-order valence-electron chi connectivity index (χ2n) is 24.5. The number of hydrogen-bond donors (Lipinski definition) is 2. The Hall–Kier alpha value is -3.96. The summed E-state index contributed by atoms with van der Waals surface area (Å²) in [5.74, 6) is -0.203. The molecule has 0 aromatic heterocycles. The lowest BCUT2D eigenvalue weighted by molar-refractivity contribution is -0.128. The van der Waals surface area contributed by atoms with Gasteiger partial charge in [-0.3, -0.25) is 18.7 Å². The van der Waals surface area contributed by atoms with Crippen LogP contribution in [0.25, 0.3) is 0 Å². The predicted octanol–water partition coefficient (Wildman–Crippen LogP) is 13.0. The molecule has 2 N–H and O–H groups in total. The highest BCUT2D eigenvalue weighted by atomic mass is 32.2. The van der Waals surface area contributed by atoms with Crippen LogP contribution in [0, 0.1) is 33.5 Å². The van der Waals surface area contributed by atoms with Gasteiger partial charge in [0.2, 0.25) is 0 Å². The Morgan fingerprint density at radius 2 is 0.721 bits per heavy atom. The minimum atomic E-state index is -4.08. The van der Waals surface area contributed by atoms with Crippen LogP contribution in [0.2, 0.25) is 0 Å². The number of rotatable bonds is 8. The van der Waals surface area contributed by atoms with Crippen molar-refractivity contribution in [3.63, 3.8) is 0 Å². The third-order valence-electron chi connectivity index (χ3n) is 16.3. The normalized spacial score (nSPS) is 23.8. The molecule has 8 rings (SSSR count). The summed E-state index contributed by atoms with van der Waals surface area (Å²) in [6.45, 7) is 28.1. The maximum absolute atomic E-state index is 11.9. The van der Waals surface area contributed by atoms with Crippen LogP contribution < -0.4 is 0 Å². The van der Waals surface area contributed by atoms with Crippen molar-refractivity contribution < 1.29 is 35.5 Å². The monoisotopic (exact) mass is 969 g/mol. The third-order valence-corrected chi connectivity index (χ3v) is 18.0. The van der Waals surface area contributed by atoms with Crippen LogP contribution in [0.1, 0.15) is 167 Å². The lowest BCUT2D eigenvalue weighted by Crippen LogP contribution is -2.42. The Labute approximate surface area is 410 Å². The Balaban J connectivity index is 0.000000171. The predicted molar refractivity (Wildman–Crippen MR) is 277 cm³/mol. The molecule has 0 amide bonds. The largest absolute Gasteiger partial charge is 0.299 e. The highest BCUT2D eigenvalue weighted by Gasteiger charge is 2.66. The van der Waals surface area contributed by atoms with Gasteiger partial charge in [-0.15, -0.1) is 0 Å². The molecule has 4 unspecified atom stereocenters. The fourth-order valence-corrected chi connectivity index (χ4v) is 13.9. The molecule has 0 aliphatic heterocycles. The molecular formula is C58H80O8S2. The average Bonchev–Trinajstić information content (AvgIpc) is 3.74. The molecule has 0 radical (unpaired) electrons. The van der Waals surface area contributed by atoms with Gasteiger partial charge in [0, 0.05) is 12.8 Å². The van der Waals surface area contributed by atoms with Crippen LogP contribution in [-0.2, 0) is 58.9 Å². The van der Waals surface area contributed by atoms with Crippen molar-refractivity contribution in [2.24, 2.45) is 33.5 Å². The fourth-order valence-electron chi connectivity index (χ4n) is 11.3. The maximum Gasteiger partial charge on any atom is 0.265 e. The molecule has 0 saturated heterocycles. The van der Waals surface area contributed by atoms with E-state index in [0.717, 1.165) is 25.7 Å². The minimum absolute atomic E-state index is 0.0152. The topological polar surface area (TPSA) is 143 Å². The van der Waals surface area contributed by atoms with Crippen molar-refractivity contribution in [3.05, 3.63) is 142 Å². The fraction of sp³-hybridized carbons (Fsp3) is 0.552. The van der Waals surface area contributed by atoms with E-state index in [2.05, 4.69) is 165 Å². The summed E-state index contributed by atoms with van der Waals surface area (Å²) in [5.41, 5.74) is 8.16. The molecule has 4 aliphatic carbocycles. The summed E-state index contributed by atoms with van der Waals surface area (Å²) < 4.78 is 62.0. The zero-order valence-electron chi connectivity index (χ0n) is 43.2. The summed E-state index contributed by atoms with van der Waals surface area (Å²) in [6.07, 6.45) is 5.97. The van der Waals surface area contributed by atoms with Crippen LogP contribution in [-0.4, -0.2) is 49.0 Å². The van der Waals surface area contributed by atoms with Crippen molar-refractivity contribution in [2.45, 2.75) is 158 Å². The number of carbonyl (C=O) groups excluding carboxylic acids is 2. The molecule has 4 aromatic rings. The molecule has 8 nitrogen and oxygen atoms in total. The van der Waals surface area contributed by atoms with Gasteiger partial charge in [0.05, 0.1) is 22.3 Å². The number of ketones is 2. The minimum Gasteiger partial charge on any atom is -0.299 e. The van der Waals surface area contributed by atoms with E-state index in [-0.39, 0.29) is 50.5 Å². The van der Waals surface area contributed by atoms with Gasteiger partial charge in [-0.2, -0.15) is 16.8 Å². The highest BCUT2D eigenvalue weighted by molar-refractivity contribution is 7.86. The maximum atomic E-state index is 11.9. The molecule has 4 aliphatic rings. The first kappa shape index (κ1) is 55.0. The van der Waals surface area contributed by atoms with Gasteiger partial charge in [0.15, 0.2) is 0 Å². The molecule has 4 fully saturated rings. The zero-order chi connectivity index (χ0) is 50.9. The quantitative estimate of drug-likeness (QED) is 0.166. The molecule has 372 valence electrons. The first-order valence-electron chi connectivity index (χ1n) is 24.4. The number of Topliss-reactive ketones (excluding diaryl/α,β-unsaturated/α-hetero) is 2.